The number of hydrogen-bond acceptors (Lipinski definition) is 6. The Morgan fingerprint density at radius 1 is 1.55 bits per heavy atom. The molecule has 1 heterocycles. The van der Waals surface area contributed by atoms with E-state index in [1.807, 2.05) is 7.05 Å². The molecule has 0 radical (unpaired) electrons. The zero-order valence-corrected chi connectivity index (χ0v) is 14.1. The Bertz CT molecular complexity index is 502. The molecule has 3 rings (SSSR count). The van der Waals surface area contributed by atoms with Gasteiger partial charge in [-0.3, -0.25) is 15.0 Å². The van der Waals surface area contributed by atoms with Crippen LogP contribution in [0, 0.1) is 5.41 Å². The number of nitrogens with one attached hydrogen (secondary N) is 1. The second-order valence-electron chi connectivity index (χ2n) is 6.34. The van der Waals surface area contributed by atoms with Crippen molar-refractivity contribution in [2.45, 2.75) is 51.2 Å². The number of rotatable bonds is 6. The number of hydrogen-bond donors (Lipinski definition) is 1. The van der Waals surface area contributed by atoms with Crippen LogP contribution in [0.1, 0.15) is 39.0 Å². The van der Waals surface area contributed by atoms with Gasteiger partial charge in [-0.05, 0) is 33.2 Å². The van der Waals surface area contributed by atoms with Crippen molar-refractivity contribution in [1.29, 1.82) is 0 Å². The Hall–Kier alpha value is -1.05. The number of nitrogens with zero attached hydrogens (tertiary/aromatic N) is 3. The van der Waals surface area contributed by atoms with Crippen molar-refractivity contribution in [3.63, 3.8) is 0 Å². The molecule has 0 saturated heterocycles. The van der Waals surface area contributed by atoms with Crippen LogP contribution in [0.5, 0.6) is 0 Å². The van der Waals surface area contributed by atoms with Crippen LogP contribution in [0.2, 0.25) is 0 Å². The lowest BCUT2D eigenvalue weighted by Gasteiger charge is -2.57. The molecule has 22 heavy (non-hydrogen) atoms. The maximum atomic E-state index is 12.1. The van der Waals surface area contributed by atoms with Crippen molar-refractivity contribution < 1.29 is 9.53 Å². The first-order chi connectivity index (χ1) is 10.7. The smallest absolute Gasteiger partial charge is 0.240 e. The van der Waals surface area contributed by atoms with Crippen molar-refractivity contribution in [3.05, 3.63) is 5.51 Å². The molecular formula is C15H24N4O2S. The molecule has 2 aliphatic rings. The molecule has 1 aromatic rings. The van der Waals surface area contributed by atoms with Crippen LogP contribution in [0.4, 0.5) is 5.13 Å². The van der Waals surface area contributed by atoms with E-state index in [9.17, 15) is 4.79 Å². The summed E-state index contributed by atoms with van der Waals surface area (Å²) in [4.78, 5) is 14.3. The van der Waals surface area contributed by atoms with Crippen LogP contribution in [0.15, 0.2) is 5.51 Å². The van der Waals surface area contributed by atoms with Crippen molar-refractivity contribution in [2.75, 3.05) is 25.5 Å². The van der Waals surface area contributed by atoms with E-state index in [4.69, 9.17) is 4.74 Å². The lowest BCUT2D eigenvalue weighted by molar-refractivity contribution is -0.162. The lowest BCUT2D eigenvalue weighted by atomic mass is 9.60. The fourth-order valence-corrected chi connectivity index (χ4v) is 4.65. The molecular weight excluding hydrogens is 300 g/mol. The van der Waals surface area contributed by atoms with Gasteiger partial charge < -0.3 is 4.74 Å². The highest BCUT2D eigenvalue weighted by molar-refractivity contribution is 7.13. The summed E-state index contributed by atoms with van der Waals surface area (Å²) in [5, 5.41) is 10.9. The van der Waals surface area contributed by atoms with Gasteiger partial charge >= 0.3 is 0 Å². The van der Waals surface area contributed by atoms with E-state index in [-0.39, 0.29) is 11.3 Å². The fraction of sp³-hybridized carbons (Fsp3) is 0.800. The van der Waals surface area contributed by atoms with E-state index < -0.39 is 0 Å². The number of amides is 1. The lowest BCUT2D eigenvalue weighted by Crippen LogP contribution is -2.63. The molecule has 122 valence electrons. The molecule has 1 aromatic heterocycles. The minimum atomic E-state index is -0.0211. The Labute approximate surface area is 135 Å². The molecule has 1 spiro atoms. The van der Waals surface area contributed by atoms with Gasteiger partial charge in [0.25, 0.3) is 0 Å². The van der Waals surface area contributed by atoms with Crippen molar-refractivity contribution in [2.24, 2.45) is 5.41 Å². The highest BCUT2D eigenvalue weighted by Gasteiger charge is 2.57. The Balaban J connectivity index is 1.58. The molecule has 1 amide bonds. The van der Waals surface area contributed by atoms with Crippen molar-refractivity contribution in [3.8, 4) is 0 Å². The highest BCUT2D eigenvalue weighted by atomic mass is 32.1. The molecule has 6 nitrogen and oxygen atoms in total. The molecule has 0 aliphatic heterocycles. The first-order valence-electron chi connectivity index (χ1n) is 8.03. The van der Waals surface area contributed by atoms with E-state index in [0.29, 0.717) is 23.8 Å². The van der Waals surface area contributed by atoms with Gasteiger partial charge in [0.05, 0.1) is 12.6 Å². The molecule has 0 aromatic carbocycles. The van der Waals surface area contributed by atoms with Crippen LogP contribution in [0.3, 0.4) is 0 Å². The number of carbonyl (C=O) groups excluding carboxylic acids is 1. The number of carbonyl (C=O) groups is 1. The van der Waals surface area contributed by atoms with Gasteiger partial charge in [-0.2, -0.15) is 0 Å². The summed E-state index contributed by atoms with van der Waals surface area (Å²) in [6, 6.07) is 0.451. The molecule has 2 fully saturated rings. The summed E-state index contributed by atoms with van der Waals surface area (Å²) in [5.41, 5.74) is 1.89. The average molecular weight is 324 g/mol. The molecule has 2 aliphatic carbocycles. The van der Waals surface area contributed by atoms with E-state index in [2.05, 4.69) is 27.3 Å². The van der Waals surface area contributed by atoms with E-state index in [1.54, 1.807) is 5.51 Å². The largest absolute Gasteiger partial charge is 0.378 e. The third kappa shape index (κ3) is 2.89. The van der Waals surface area contributed by atoms with E-state index in [1.165, 1.54) is 37.0 Å². The topological polar surface area (TPSA) is 67.3 Å². The number of anilines is 1. The molecule has 2 saturated carbocycles. The molecule has 0 unspecified atom stereocenters. The van der Waals surface area contributed by atoms with Gasteiger partial charge in [0.2, 0.25) is 11.0 Å². The van der Waals surface area contributed by atoms with Crippen LogP contribution in [0.25, 0.3) is 0 Å². The van der Waals surface area contributed by atoms with Crippen LogP contribution >= 0.6 is 11.3 Å². The third-order valence-electron chi connectivity index (χ3n) is 5.18. The molecule has 2 atom stereocenters. The second-order valence-corrected chi connectivity index (χ2v) is 7.18. The van der Waals surface area contributed by atoms with Gasteiger partial charge in [-0.25, -0.2) is 0 Å². The zero-order chi connectivity index (χ0) is 15.6. The predicted octanol–water partition coefficient (Wildman–Crippen LogP) is 2.15. The molecule has 0 bridgehead atoms. The Morgan fingerprint density at radius 3 is 2.95 bits per heavy atom. The summed E-state index contributed by atoms with van der Waals surface area (Å²) in [6.45, 7) is 3.24. The summed E-state index contributed by atoms with van der Waals surface area (Å²) in [5.74, 6) is -0.0211. The van der Waals surface area contributed by atoms with Crippen LogP contribution < -0.4 is 5.32 Å². The maximum Gasteiger partial charge on any atom is 0.240 e. The minimum Gasteiger partial charge on any atom is -0.378 e. The van der Waals surface area contributed by atoms with Crippen molar-refractivity contribution in [1.82, 2.24) is 15.1 Å². The standard InChI is InChI=1S/C15H24N4O2S/c1-3-21-12-8-11(15(12)6-4-5-7-15)19(2)9-13(20)17-14-18-16-10-22-14/h10-12H,3-9H2,1-2H3,(H,17,18,20)/t11-,12+/m1/s1. The fourth-order valence-electron chi connectivity index (χ4n) is 4.19. The SMILES string of the molecule is CCO[C@H]1C[C@@H](N(C)CC(=O)Nc2nncs2)C12CCCC2. The van der Waals surface area contributed by atoms with E-state index in [0.717, 1.165) is 13.0 Å². The number of ether oxygens (including phenoxy) is 1. The average Bonchev–Trinajstić information content (AvgIpc) is 3.14. The normalized spacial score (nSPS) is 26.3. The number of likely N-dealkylation sites (N-methyl/N-ethyl adjacent to an activating group) is 1. The predicted molar refractivity (Wildman–Crippen MR) is 85.9 cm³/mol. The summed E-state index contributed by atoms with van der Waals surface area (Å²) in [7, 11) is 2.05. The summed E-state index contributed by atoms with van der Waals surface area (Å²) < 4.78 is 5.94. The maximum absolute atomic E-state index is 12.1. The summed E-state index contributed by atoms with van der Waals surface area (Å²) >= 11 is 1.34. The van der Waals surface area contributed by atoms with Gasteiger partial charge in [-0.1, -0.05) is 24.2 Å². The van der Waals surface area contributed by atoms with E-state index >= 15 is 0 Å². The summed E-state index contributed by atoms with van der Waals surface area (Å²) in [6.07, 6.45) is 6.43. The van der Waals surface area contributed by atoms with Gasteiger partial charge in [0, 0.05) is 18.1 Å². The van der Waals surface area contributed by atoms with Crippen LogP contribution in [-0.4, -0.2) is 53.3 Å². The monoisotopic (exact) mass is 324 g/mol. The first kappa shape index (κ1) is 15.8. The highest BCUT2D eigenvalue weighted by Crippen LogP contribution is 2.56. The van der Waals surface area contributed by atoms with Crippen LogP contribution in [-0.2, 0) is 9.53 Å². The Kier molecular flexibility index (Phi) is 4.75. The van der Waals surface area contributed by atoms with Gasteiger partial charge in [0.1, 0.15) is 5.51 Å². The quantitative estimate of drug-likeness (QED) is 0.868. The Morgan fingerprint density at radius 2 is 2.32 bits per heavy atom. The van der Waals surface area contributed by atoms with Gasteiger partial charge in [0.15, 0.2) is 0 Å². The number of aromatic nitrogens is 2. The molecule has 1 N–H and O–H groups in total. The van der Waals surface area contributed by atoms with Gasteiger partial charge in [-0.15, -0.1) is 10.2 Å². The third-order valence-corrected chi connectivity index (χ3v) is 5.78. The van der Waals surface area contributed by atoms with Crippen molar-refractivity contribution >= 4 is 22.4 Å². The second kappa shape index (κ2) is 6.60. The first-order valence-corrected chi connectivity index (χ1v) is 8.91. The zero-order valence-electron chi connectivity index (χ0n) is 13.2. The molecule has 7 heteroatoms. The minimum absolute atomic E-state index is 0.0211.